The number of hydrogen-bond acceptors (Lipinski definition) is 5. The Kier molecular flexibility index (Phi) is 7.68. The molecule has 2 aromatic carbocycles. The predicted molar refractivity (Wildman–Crippen MR) is 134 cm³/mol. The first-order valence-corrected chi connectivity index (χ1v) is 13.6. The summed E-state index contributed by atoms with van der Waals surface area (Å²) in [5.41, 5.74) is 2.37. The molecule has 0 saturated carbocycles. The number of carbonyl (C=O) groups is 2. The minimum atomic E-state index is -3.65. The lowest BCUT2D eigenvalue weighted by Gasteiger charge is -2.31. The molecule has 4 rings (SSSR count). The molecule has 0 atom stereocenters. The number of Topliss-reactive ketones (excluding diaryl/α,β-unsaturated/α-hetero) is 1. The quantitative estimate of drug-likeness (QED) is 0.619. The lowest BCUT2D eigenvalue weighted by Crippen LogP contribution is -2.41. The van der Waals surface area contributed by atoms with Gasteiger partial charge in [0.1, 0.15) is 0 Å². The van der Waals surface area contributed by atoms with E-state index in [-0.39, 0.29) is 22.5 Å². The Bertz CT molecular complexity index is 1110. The molecule has 0 aromatic heterocycles. The number of anilines is 2. The standard InChI is InChI=1S/C26H33N3O4S/c1-20(30)21-10-12-23(13-11-21)34(32,33)29-18-14-22(15-19-29)26(31)27-24-8-4-5-9-25(24)28-16-6-2-3-7-17-28/h4-5,8-13,22H,2-3,6-7,14-19H2,1H3,(H,27,31). The van der Waals surface area contributed by atoms with E-state index in [0.717, 1.165) is 37.3 Å². The van der Waals surface area contributed by atoms with Crippen molar-refractivity contribution in [3.05, 3.63) is 54.1 Å². The summed E-state index contributed by atoms with van der Waals surface area (Å²) < 4.78 is 27.5. The molecule has 0 spiro atoms. The van der Waals surface area contributed by atoms with Crippen molar-refractivity contribution in [2.45, 2.75) is 50.3 Å². The van der Waals surface area contributed by atoms with Crippen LogP contribution in [0.5, 0.6) is 0 Å². The van der Waals surface area contributed by atoms with Crippen LogP contribution in [0.1, 0.15) is 55.8 Å². The number of sulfonamides is 1. The van der Waals surface area contributed by atoms with Gasteiger partial charge < -0.3 is 10.2 Å². The van der Waals surface area contributed by atoms with Crippen LogP contribution < -0.4 is 10.2 Å². The molecule has 2 fully saturated rings. The van der Waals surface area contributed by atoms with Gasteiger partial charge in [0.2, 0.25) is 15.9 Å². The summed E-state index contributed by atoms with van der Waals surface area (Å²) in [6.07, 6.45) is 5.76. The number of carbonyl (C=O) groups excluding carboxylic acids is 2. The van der Waals surface area contributed by atoms with E-state index in [0.29, 0.717) is 31.5 Å². The first-order chi connectivity index (χ1) is 16.4. The van der Waals surface area contributed by atoms with E-state index in [1.165, 1.54) is 48.3 Å². The number of para-hydroxylation sites is 2. The van der Waals surface area contributed by atoms with Crippen molar-refractivity contribution in [3.8, 4) is 0 Å². The summed E-state index contributed by atoms with van der Waals surface area (Å²) in [5.74, 6) is -0.387. The van der Waals surface area contributed by atoms with Gasteiger partial charge in [0.05, 0.1) is 16.3 Å². The highest BCUT2D eigenvalue weighted by Gasteiger charge is 2.32. The highest BCUT2D eigenvalue weighted by Crippen LogP contribution is 2.30. The van der Waals surface area contributed by atoms with Gasteiger partial charge in [-0.2, -0.15) is 4.31 Å². The molecule has 8 heteroatoms. The highest BCUT2D eigenvalue weighted by molar-refractivity contribution is 7.89. The molecule has 0 bridgehead atoms. The first kappa shape index (κ1) is 24.4. The van der Waals surface area contributed by atoms with Gasteiger partial charge in [0.15, 0.2) is 5.78 Å². The fourth-order valence-corrected chi connectivity index (χ4v) is 6.24. The Morgan fingerprint density at radius 1 is 0.853 bits per heavy atom. The van der Waals surface area contributed by atoms with Crippen molar-refractivity contribution in [2.75, 3.05) is 36.4 Å². The molecule has 34 heavy (non-hydrogen) atoms. The zero-order valence-corrected chi connectivity index (χ0v) is 20.5. The number of ketones is 1. The second kappa shape index (κ2) is 10.7. The Balaban J connectivity index is 1.38. The average Bonchev–Trinajstić information content (AvgIpc) is 3.14. The second-order valence-electron chi connectivity index (χ2n) is 9.17. The van der Waals surface area contributed by atoms with Crippen LogP contribution in [0, 0.1) is 5.92 Å². The van der Waals surface area contributed by atoms with Gasteiger partial charge in [-0.15, -0.1) is 0 Å². The molecule has 2 aromatic rings. The van der Waals surface area contributed by atoms with Crippen LogP contribution in [0.15, 0.2) is 53.4 Å². The van der Waals surface area contributed by atoms with Crippen molar-refractivity contribution in [1.29, 1.82) is 0 Å². The monoisotopic (exact) mass is 483 g/mol. The second-order valence-corrected chi connectivity index (χ2v) is 11.1. The maximum atomic E-state index is 13.1. The lowest BCUT2D eigenvalue weighted by molar-refractivity contribution is -0.120. The van der Waals surface area contributed by atoms with E-state index in [4.69, 9.17) is 0 Å². The number of rotatable bonds is 6. The molecular weight excluding hydrogens is 450 g/mol. The molecular formula is C26H33N3O4S. The van der Waals surface area contributed by atoms with E-state index >= 15 is 0 Å². The van der Waals surface area contributed by atoms with Gasteiger partial charge in [-0.05, 0) is 56.9 Å². The normalized spacial score (nSPS) is 18.3. The number of nitrogens with zero attached hydrogens (tertiary/aromatic N) is 2. The van der Waals surface area contributed by atoms with Crippen LogP contribution in [0.4, 0.5) is 11.4 Å². The Morgan fingerprint density at radius 3 is 2.09 bits per heavy atom. The molecule has 2 aliphatic rings. The molecule has 1 amide bonds. The van der Waals surface area contributed by atoms with Gasteiger partial charge in [-0.3, -0.25) is 9.59 Å². The Hall–Kier alpha value is -2.71. The van der Waals surface area contributed by atoms with Crippen molar-refractivity contribution in [1.82, 2.24) is 4.31 Å². The smallest absolute Gasteiger partial charge is 0.243 e. The highest BCUT2D eigenvalue weighted by atomic mass is 32.2. The van der Waals surface area contributed by atoms with E-state index in [2.05, 4.69) is 16.3 Å². The van der Waals surface area contributed by atoms with Gasteiger partial charge in [0, 0.05) is 37.7 Å². The van der Waals surface area contributed by atoms with Crippen LogP contribution in [0.2, 0.25) is 0 Å². The number of hydrogen-bond donors (Lipinski definition) is 1. The van der Waals surface area contributed by atoms with Crippen LogP contribution in [-0.2, 0) is 14.8 Å². The van der Waals surface area contributed by atoms with Crippen LogP contribution in [0.3, 0.4) is 0 Å². The molecule has 7 nitrogen and oxygen atoms in total. The molecule has 1 N–H and O–H groups in total. The average molecular weight is 484 g/mol. The summed E-state index contributed by atoms with van der Waals surface area (Å²) in [6.45, 7) is 4.03. The van der Waals surface area contributed by atoms with E-state index in [1.807, 2.05) is 18.2 Å². The van der Waals surface area contributed by atoms with Gasteiger partial charge in [0.25, 0.3) is 0 Å². The molecule has 2 saturated heterocycles. The Labute approximate surface area is 202 Å². The minimum absolute atomic E-state index is 0.0508. The number of benzene rings is 2. The zero-order valence-electron chi connectivity index (χ0n) is 19.7. The molecule has 2 heterocycles. The van der Waals surface area contributed by atoms with Crippen molar-refractivity contribution >= 4 is 33.1 Å². The topological polar surface area (TPSA) is 86.8 Å². The van der Waals surface area contributed by atoms with Crippen LogP contribution in [0.25, 0.3) is 0 Å². The van der Waals surface area contributed by atoms with Crippen molar-refractivity contribution < 1.29 is 18.0 Å². The van der Waals surface area contributed by atoms with Crippen LogP contribution in [-0.4, -0.2) is 50.6 Å². The maximum absolute atomic E-state index is 13.1. The number of piperidine rings is 1. The zero-order chi connectivity index (χ0) is 24.1. The Morgan fingerprint density at radius 2 is 1.47 bits per heavy atom. The lowest BCUT2D eigenvalue weighted by atomic mass is 9.97. The summed E-state index contributed by atoms with van der Waals surface area (Å²) in [7, 11) is -3.65. The van der Waals surface area contributed by atoms with E-state index in [1.54, 1.807) is 0 Å². The predicted octanol–water partition coefficient (Wildman–Crippen LogP) is 4.31. The third-order valence-electron chi connectivity index (χ3n) is 6.83. The van der Waals surface area contributed by atoms with Gasteiger partial charge in [-0.1, -0.05) is 37.1 Å². The van der Waals surface area contributed by atoms with E-state index < -0.39 is 10.0 Å². The van der Waals surface area contributed by atoms with Crippen LogP contribution >= 0.6 is 0 Å². The van der Waals surface area contributed by atoms with Gasteiger partial charge >= 0.3 is 0 Å². The summed E-state index contributed by atoms with van der Waals surface area (Å²) in [6, 6.07) is 14.0. The van der Waals surface area contributed by atoms with E-state index in [9.17, 15) is 18.0 Å². The minimum Gasteiger partial charge on any atom is -0.370 e. The summed E-state index contributed by atoms with van der Waals surface area (Å²) in [5, 5.41) is 3.12. The summed E-state index contributed by atoms with van der Waals surface area (Å²) in [4.78, 5) is 27.1. The van der Waals surface area contributed by atoms with Crippen molar-refractivity contribution in [2.24, 2.45) is 5.92 Å². The molecule has 2 aliphatic heterocycles. The molecule has 0 unspecified atom stereocenters. The summed E-state index contributed by atoms with van der Waals surface area (Å²) >= 11 is 0. The maximum Gasteiger partial charge on any atom is 0.243 e. The van der Waals surface area contributed by atoms with Gasteiger partial charge in [-0.25, -0.2) is 8.42 Å². The fraction of sp³-hybridized carbons (Fsp3) is 0.462. The molecule has 0 radical (unpaired) electrons. The molecule has 0 aliphatic carbocycles. The number of amides is 1. The molecule has 182 valence electrons. The SMILES string of the molecule is CC(=O)c1ccc(S(=O)(=O)N2CCC(C(=O)Nc3ccccc3N3CCCCCC3)CC2)cc1. The third-order valence-corrected chi connectivity index (χ3v) is 8.74. The largest absolute Gasteiger partial charge is 0.370 e. The van der Waals surface area contributed by atoms with Crippen molar-refractivity contribution in [3.63, 3.8) is 0 Å². The first-order valence-electron chi connectivity index (χ1n) is 12.1. The third kappa shape index (κ3) is 5.50. The fourth-order valence-electron chi connectivity index (χ4n) is 4.77. The number of nitrogens with one attached hydrogen (secondary N) is 1.